The van der Waals surface area contributed by atoms with Gasteiger partial charge >= 0.3 is 21.1 Å². The SMILES string of the molecule is CCC1=C(C)c2cc3[n-]c(cc4[n-]c(cc5nc(cc1n2)C(C)=C5CC)c(C)c4CC)c(C)c3CC.[Pt+2]. The number of aryl methyl sites for hydroxylation is 4. The Morgan fingerprint density at radius 3 is 1.41 bits per heavy atom. The summed E-state index contributed by atoms with van der Waals surface area (Å²) >= 11 is 0. The van der Waals surface area contributed by atoms with Crippen molar-refractivity contribution in [2.75, 3.05) is 0 Å². The Bertz CT molecular complexity index is 1610. The summed E-state index contributed by atoms with van der Waals surface area (Å²) < 4.78 is 0. The first-order valence-electron chi connectivity index (χ1n) is 13.3. The third-order valence-electron chi connectivity index (χ3n) is 8.06. The first-order chi connectivity index (χ1) is 17.3. The molecule has 0 amide bonds. The Morgan fingerprint density at radius 2 is 0.919 bits per heavy atom. The fourth-order valence-electron chi connectivity index (χ4n) is 5.85. The second-order valence-corrected chi connectivity index (χ2v) is 9.93. The van der Waals surface area contributed by atoms with E-state index in [1.807, 2.05) is 0 Å². The standard InChI is InChI=1S/C32H36N4.Pt/c1-9-21-17(5)25-14-30-23(11-3)19(7)27(35-30)16-32-24(12-4)20(8)28(36-32)15-31-22(10-2)18(6)26(34-31)13-29(21)33-25;/h13-16H,9-12H2,1-8H3;/q-2;+2. The fraction of sp³-hybridized carbons (Fsp3) is 0.375. The van der Waals surface area contributed by atoms with E-state index >= 15 is 0 Å². The predicted molar refractivity (Wildman–Crippen MR) is 153 cm³/mol. The van der Waals surface area contributed by atoms with Crippen molar-refractivity contribution in [3.63, 3.8) is 0 Å². The molecule has 0 saturated carbocycles. The van der Waals surface area contributed by atoms with Crippen LogP contribution in [0.1, 0.15) is 99.4 Å². The van der Waals surface area contributed by atoms with Gasteiger partial charge in [0.1, 0.15) is 0 Å². The van der Waals surface area contributed by atoms with Gasteiger partial charge in [-0.05, 0) is 81.7 Å². The van der Waals surface area contributed by atoms with E-state index in [1.165, 1.54) is 44.5 Å². The van der Waals surface area contributed by atoms with Crippen molar-refractivity contribution in [1.29, 1.82) is 0 Å². The van der Waals surface area contributed by atoms with E-state index in [0.29, 0.717) is 0 Å². The summed E-state index contributed by atoms with van der Waals surface area (Å²) in [5.41, 5.74) is 18.2. The second-order valence-electron chi connectivity index (χ2n) is 9.93. The number of hydrogen-bond donors (Lipinski definition) is 0. The topological polar surface area (TPSA) is 54.0 Å². The number of fused-ring (bicyclic) bond motifs is 8. The first kappa shape index (κ1) is 27.3. The number of nitrogens with zero attached hydrogens (tertiary/aromatic N) is 4. The van der Waals surface area contributed by atoms with Gasteiger partial charge in [-0.3, -0.25) is 0 Å². The van der Waals surface area contributed by atoms with Gasteiger partial charge in [0.15, 0.2) is 0 Å². The van der Waals surface area contributed by atoms with E-state index in [2.05, 4.69) is 79.7 Å². The summed E-state index contributed by atoms with van der Waals surface area (Å²) in [6.07, 6.45) is 3.74. The Kier molecular flexibility index (Phi) is 7.81. The molecule has 5 heterocycles. The normalized spacial score (nSPS) is 13.4. The van der Waals surface area contributed by atoms with Gasteiger partial charge < -0.3 is 9.97 Å². The molecular formula is C32H36N4Pt. The van der Waals surface area contributed by atoms with Crippen molar-refractivity contribution in [1.82, 2.24) is 19.9 Å². The van der Waals surface area contributed by atoms with E-state index in [1.54, 1.807) is 0 Å². The molecule has 8 bridgehead atoms. The van der Waals surface area contributed by atoms with E-state index in [-0.39, 0.29) is 21.1 Å². The van der Waals surface area contributed by atoms with Crippen LogP contribution in [0.5, 0.6) is 0 Å². The zero-order chi connectivity index (χ0) is 25.7. The molecule has 194 valence electrons. The van der Waals surface area contributed by atoms with Gasteiger partial charge in [0.25, 0.3) is 0 Å². The van der Waals surface area contributed by atoms with Gasteiger partial charge in [0.2, 0.25) is 0 Å². The molecule has 0 saturated heterocycles. The molecule has 3 aromatic rings. The molecule has 5 heteroatoms. The van der Waals surface area contributed by atoms with E-state index in [9.17, 15) is 0 Å². The molecule has 3 aromatic heterocycles. The van der Waals surface area contributed by atoms with Crippen molar-refractivity contribution < 1.29 is 21.1 Å². The third kappa shape index (κ3) is 4.48. The van der Waals surface area contributed by atoms with Crippen LogP contribution in [0.4, 0.5) is 0 Å². The van der Waals surface area contributed by atoms with Crippen molar-refractivity contribution in [2.24, 2.45) is 0 Å². The molecule has 4 nitrogen and oxygen atoms in total. The maximum absolute atomic E-state index is 5.11. The molecular weight excluding hydrogens is 635 g/mol. The molecule has 0 atom stereocenters. The van der Waals surface area contributed by atoms with Crippen molar-refractivity contribution in [2.45, 2.75) is 81.1 Å². The molecule has 0 spiro atoms. The van der Waals surface area contributed by atoms with E-state index in [0.717, 1.165) is 70.5 Å². The summed E-state index contributed by atoms with van der Waals surface area (Å²) in [4.78, 5) is 20.4. The minimum atomic E-state index is 0. The Labute approximate surface area is 235 Å². The molecule has 0 aromatic carbocycles. The second kappa shape index (κ2) is 10.6. The average molecular weight is 672 g/mol. The maximum Gasteiger partial charge on any atom is 2.00 e. The number of allylic oxidation sites excluding steroid dienone is 4. The van der Waals surface area contributed by atoms with Crippen LogP contribution in [0.2, 0.25) is 0 Å². The van der Waals surface area contributed by atoms with Gasteiger partial charge in [-0.15, -0.1) is 22.1 Å². The fourth-order valence-corrected chi connectivity index (χ4v) is 5.85. The van der Waals surface area contributed by atoms with Crippen LogP contribution in [-0.4, -0.2) is 9.97 Å². The largest absolute Gasteiger partial charge is 2.00 e. The smallest absolute Gasteiger partial charge is 0.657 e. The summed E-state index contributed by atoms with van der Waals surface area (Å²) in [6, 6.07) is 8.72. The van der Waals surface area contributed by atoms with Gasteiger partial charge in [0.05, 0.1) is 22.8 Å². The molecule has 0 N–H and O–H groups in total. The van der Waals surface area contributed by atoms with E-state index in [4.69, 9.17) is 19.9 Å². The first-order valence-corrected chi connectivity index (χ1v) is 13.3. The van der Waals surface area contributed by atoms with Crippen LogP contribution in [0.25, 0.3) is 44.4 Å². The Balaban J connectivity index is 0.00000320. The van der Waals surface area contributed by atoms with Crippen LogP contribution in [0, 0.1) is 13.8 Å². The zero-order valence-corrected chi connectivity index (χ0v) is 25.5. The summed E-state index contributed by atoms with van der Waals surface area (Å²) in [6.45, 7) is 17.6. The Hall–Kier alpha value is -2.71. The molecule has 0 unspecified atom stereocenters. The molecule has 0 fully saturated rings. The predicted octanol–water partition coefficient (Wildman–Crippen LogP) is 7.99. The minimum absolute atomic E-state index is 0. The zero-order valence-electron chi connectivity index (χ0n) is 23.2. The number of rotatable bonds is 4. The Morgan fingerprint density at radius 1 is 0.514 bits per heavy atom. The molecule has 5 rings (SSSR count). The summed E-state index contributed by atoms with van der Waals surface area (Å²) in [5.74, 6) is 0. The van der Waals surface area contributed by atoms with E-state index < -0.39 is 0 Å². The molecule has 0 radical (unpaired) electrons. The number of hydrogen-bond acceptors (Lipinski definition) is 2. The monoisotopic (exact) mass is 671 g/mol. The van der Waals surface area contributed by atoms with Crippen molar-refractivity contribution in [3.8, 4) is 0 Å². The van der Waals surface area contributed by atoms with Crippen molar-refractivity contribution >= 4 is 44.4 Å². The van der Waals surface area contributed by atoms with Gasteiger partial charge in [-0.25, -0.2) is 9.97 Å². The van der Waals surface area contributed by atoms with Crippen LogP contribution < -0.4 is 9.97 Å². The van der Waals surface area contributed by atoms with Crippen LogP contribution in [0.15, 0.2) is 24.3 Å². The average Bonchev–Trinajstić information content (AvgIpc) is 3.51. The third-order valence-corrected chi connectivity index (χ3v) is 8.06. The van der Waals surface area contributed by atoms with Gasteiger partial charge in [-0.2, -0.15) is 0 Å². The summed E-state index contributed by atoms with van der Waals surface area (Å²) in [7, 11) is 0. The van der Waals surface area contributed by atoms with Crippen LogP contribution >= 0.6 is 0 Å². The van der Waals surface area contributed by atoms with Crippen molar-refractivity contribution in [3.05, 3.63) is 69.3 Å². The minimum Gasteiger partial charge on any atom is -0.657 e. The van der Waals surface area contributed by atoms with Gasteiger partial charge in [-0.1, -0.05) is 68.1 Å². The van der Waals surface area contributed by atoms with Crippen LogP contribution in [0.3, 0.4) is 0 Å². The molecule has 2 aliphatic rings. The molecule has 37 heavy (non-hydrogen) atoms. The molecule has 0 aliphatic carbocycles. The van der Waals surface area contributed by atoms with Crippen LogP contribution in [-0.2, 0) is 33.9 Å². The number of aromatic nitrogens is 4. The summed E-state index contributed by atoms with van der Waals surface area (Å²) in [5, 5.41) is 0. The maximum atomic E-state index is 5.11. The molecule has 2 aliphatic heterocycles. The quantitative estimate of drug-likeness (QED) is 0.282. The van der Waals surface area contributed by atoms with Gasteiger partial charge in [0, 0.05) is 0 Å².